The van der Waals surface area contributed by atoms with Gasteiger partial charge in [0, 0.05) is 5.75 Å². The molecular weight excluding hydrogens is 266 g/mol. The molecule has 0 aliphatic rings. The first kappa shape index (κ1) is 17.3. The predicted molar refractivity (Wildman–Crippen MR) is 62.9 cm³/mol. The molecule has 0 heterocycles. The Morgan fingerprint density at radius 1 is 1.28 bits per heavy atom. The second-order valence-electron chi connectivity index (χ2n) is 3.55. The van der Waals surface area contributed by atoms with Crippen molar-refractivity contribution < 1.29 is 34.8 Å². The summed E-state index contributed by atoms with van der Waals surface area (Å²) in [5, 5.41) is 36.0. The van der Waals surface area contributed by atoms with E-state index in [2.05, 4.69) is 17.4 Å². The van der Waals surface area contributed by atoms with Gasteiger partial charge in [0.1, 0.15) is 24.4 Å². The molecule has 18 heavy (non-hydrogen) atoms. The monoisotopic (exact) mass is 283 g/mol. The fourth-order valence-corrected chi connectivity index (χ4v) is 1.07. The highest BCUT2D eigenvalue weighted by Gasteiger charge is 2.30. The first-order valence-corrected chi connectivity index (χ1v) is 5.69. The molecule has 0 amide bonds. The third-order valence-electron chi connectivity index (χ3n) is 2.09. The molecule has 0 radical (unpaired) electrons. The molecule has 0 bridgehead atoms. The Balaban J connectivity index is 4.21. The Hall–Kier alpha value is -0.710. The van der Waals surface area contributed by atoms with Crippen molar-refractivity contribution in [2.75, 3.05) is 19.0 Å². The van der Waals surface area contributed by atoms with Gasteiger partial charge < -0.3 is 30.9 Å². The summed E-state index contributed by atoms with van der Waals surface area (Å²) in [5.74, 6) is -1.86. The number of aliphatic hydroxyl groups excluding tert-OH is 4. The number of nitrogens with two attached hydrogens (primary N) is 1. The van der Waals surface area contributed by atoms with E-state index in [1.807, 2.05) is 0 Å². The van der Waals surface area contributed by atoms with Crippen molar-refractivity contribution in [3.8, 4) is 0 Å². The van der Waals surface area contributed by atoms with Crippen molar-refractivity contribution in [2.45, 2.75) is 24.4 Å². The predicted octanol–water partition coefficient (Wildman–Crippen LogP) is -3.57. The molecule has 4 atom stereocenters. The van der Waals surface area contributed by atoms with Crippen LogP contribution in [0.2, 0.25) is 0 Å². The summed E-state index contributed by atoms with van der Waals surface area (Å²) in [6, 6.07) is -0.994. The summed E-state index contributed by atoms with van der Waals surface area (Å²) in [6.07, 6.45) is -5.49. The van der Waals surface area contributed by atoms with E-state index in [0.717, 1.165) is 0 Å². The molecule has 6 N–H and O–H groups in total. The van der Waals surface area contributed by atoms with Gasteiger partial charge in [-0.05, 0) is 0 Å². The van der Waals surface area contributed by atoms with E-state index in [0.29, 0.717) is 0 Å². The van der Waals surface area contributed by atoms with Gasteiger partial charge in [0.15, 0.2) is 6.61 Å². The third kappa shape index (κ3) is 5.29. The number of ether oxygens (including phenoxy) is 1. The number of aliphatic hydroxyl groups is 4. The van der Waals surface area contributed by atoms with Gasteiger partial charge in [-0.1, -0.05) is 0 Å². The Bertz CT molecular complexity index is 288. The van der Waals surface area contributed by atoms with Gasteiger partial charge in [0.2, 0.25) is 5.78 Å². The van der Waals surface area contributed by atoms with Gasteiger partial charge in [-0.2, -0.15) is 12.6 Å². The minimum atomic E-state index is -1.97. The van der Waals surface area contributed by atoms with Gasteiger partial charge in [-0.15, -0.1) is 0 Å². The third-order valence-corrected chi connectivity index (χ3v) is 2.48. The lowest BCUT2D eigenvalue weighted by atomic mass is 10.1. The summed E-state index contributed by atoms with van der Waals surface area (Å²) in [5.41, 5.74) is 5.26. The maximum Gasteiger partial charge on any atom is 0.324 e. The number of hydrogen-bond acceptors (Lipinski definition) is 9. The van der Waals surface area contributed by atoms with E-state index >= 15 is 0 Å². The summed E-state index contributed by atoms with van der Waals surface area (Å²) in [7, 11) is 0. The normalized spacial score (nSPS) is 17.7. The van der Waals surface area contributed by atoms with Crippen LogP contribution in [-0.4, -0.2) is 75.5 Å². The molecule has 0 saturated carbocycles. The summed E-state index contributed by atoms with van der Waals surface area (Å²) in [4.78, 5) is 22.4. The SMILES string of the molecule is NC(CS)C(=O)OCC(=O)[C@H](O)[C@@H](O)[C@H](O)CO. The summed E-state index contributed by atoms with van der Waals surface area (Å²) < 4.78 is 4.46. The molecule has 0 aromatic heterocycles. The van der Waals surface area contributed by atoms with Gasteiger partial charge in [0.05, 0.1) is 6.61 Å². The number of esters is 1. The van der Waals surface area contributed by atoms with Gasteiger partial charge in [-0.3, -0.25) is 9.59 Å². The highest BCUT2D eigenvalue weighted by atomic mass is 32.1. The van der Waals surface area contributed by atoms with Crippen LogP contribution in [0.25, 0.3) is 0 Å². The lowest BCUT2D eigenvalue weighted by molar-refractivity contribution is -0.155. The first-order chi connectivity index (χ1) is 8.34. The van der Waals surface area contributed by atoms with Gasteiger partial charge >= 0.3 is 5.97 Å². The molecular formula is C9H17NO7S. The summed E-state index contributed by atoms with van der Waals surface area (Å²) in [6.45, 7) is -1.62. The zero-order valence-corrected chi connectivity index (χ0v) is 10.4. The van der Waals surface area contributed by atoms with E-state index in [9.17, 15) is 19.8 Å². The highest BCUT2D eigenvalue weighted by Crippen LogP contribution is 2.02. The molecule has 8 nitrogen and oxygen atoms in total. The van der Waals surface area contributed by atoms with Crippen LogP contribution in [0.4, 0.5) is 0 Å². The first-order valence-electron chi connectivity index (χ1n) is 5.06. The maximum absolute atomic E-state index is 11.3. The minimum Gasteiger partial charge on any atom is -0.456 e. The number of carbonyl (C=O) groups is 2. The van der Waals surface area contributed by atoms with Crippen molar-refractivity contribution in [2.24, 2.45) is 5.73 Å². The van der Waals surface area contributed by atoms with Gasteiger partial charge in [0.25, 0.3) is 0 Å². The van der Waals surface area contributed by atoms with Crippen LogP contribution in [0.3, 0.4) is 0 Å². The largest absolute Gasteiger partial charge is 0.456 e. The number of hydrogen-bond donors (Lipinski definition) is 6. The smallest absolute Gasteiger partial charge is 0.324 e. The molecule has 0 aromatic rings. The van der Waals surface area contributed by atoms with Gasteiger partial charge in [-0.25, -0.2) is 0 Å². The zero-order chi connectivity index (χ0) is 14.3. The van der Waals surface area contributed by atoms with Crippen molar-refractivity contribution in [1.29, 1.82) is 0 Å². The van der Waals surface area contributed by atoms with E-state index in [1.165, 1.54) is 0 Å². The maximum atomic E-state index is 11.3. The molecule has 1 unspecified atom stereocenters. The molecule has 0 rings (SSSR count). The molecule has 106 valence electrons. The number of carbonyl (C=O) groups excluding carboxylic acids is 2. The topological polar surface area (TPSA) is 150 Å². The van der Waals surface area contributed by atoms with Crippen LogP contribution < -0.4 is 5.73 Å². The van der Waals surface area contributed by atoms with Crippen LogP contribution in [-0.2, 0) is 14.3 Å². The molecule has 0 aliphatic carbocycles. The molecule has 0 saturated heterocycles. The number of Topliss-reactive ketones (excluding diaryl/α,β-unsaturated/α-hetero) is 1. The van der Waals surface area contributed by atoms with Crippen molar-refractivity contribution in [3.05, 3.63) is 0 Å². The second kappa shape index (κ2) is 8.40. The molecule has 0 spiro atoms. The Morgan fingerprint density at radius 2 is 1.83 bits per heavy atom. The average Bonchev–Trinajstić information content (AvgIpc) is 2.40. The Kier molecular flexibility index (Phi) is 8.07. The standard InChI is InChI=1S/C9H17NO7S/c10-4(3-18)9(16)17-2-6(13)8(15)7(14)5(12)1-11/h4-5,7-8,11-12,14-15,18H,1-3,10H2/t4?,5-,7+,8+/m1/s1. The lowest BCUT2D eigenvalue weighted by Gasteiger charge is -2.20. The molecule has 0 aliphatic heterocycles. The van der Waals surface area contributed by atoms with E-state index in [-0.39, 0.29) is 5.75 Å². The van der Waals surface area contributed by atoms with Crippen LogP contribution in [0.1, 0.15) is 0 Å². The van der Waals surface area contributed by atoms with E-state index in [1.54, 1.807) is 0 Å². The quantitative estimate of drug-likeness (QED) is 0.198. The van der Waals surface area contributed by atoms with Crippen molar-refractivity contribution >= 4 is 24.4 Å². The fourth-order valence-electron chi connectivity index (χ4n) is 0.918. The average molecular weight is 283 g/mol. The highest BCUT2D eigenvalue weighted by molar-refractivity contribution is 7.80. The number of rotatable bonds is 8. The van der Waals surface area contributed by atoms with Crippen LogP contribution in [0.15, 0.2) is 0 Å². The molecule has 0 aromatic carbocycles. The molecule has 0 fully saturated rings. The Labute approximate surface area is 109 Å². The fraction of sp³-hybridized carbons (Fsp3) is 0.778. The van der Waals surface area contributed by atoms with E-state index < -0.39 is 49.3 Å². The van der Waals surface area contributed by atoms with E-state index in [4.69, 9.17) is 15.9 Å². The Morgan fingerprint density at radius 3 is 2.28 bits per heavy atom. The second-order valence-corrected chi connectivity index (χ2v) is 3.91. The minimum absolute atomic E-state index is 0.0292. The zero-order valence-electron chi connectivity index (χ0n) is 9.47. The van der Waals surface area contributed by atoms with Crippen LogP contribution in [0, 0.1) is 0 Å². The lowest BCUT2D eigenvalue weighted by Crippen LogP contribution is -2.45. The van der Waals surface area contributed by atoms with Crippen molar-refractivity contribution in [3.63, 3.8) is 0 Å². The van der Waals surface area contributed by atoms with Crippen LogP contribution >= 0.6 is 12.6 Å². The molecule has 9 heteroatoms. The summed E-state index contributed by atoms with van der Waals surface area (Å²) >= 11 is 3.75. The van der Waals surface area contributed by atoms with Crippen molar-refractivity contribution in [1.82, 2.24) is 0 Å². The number of thiol groups is 1. The van der Waals surface area contributed by atoms with Crippen LogP contribution in [0.5, 0.6) is 0 Å². The number of ketones is 1.